The minimum atomic E-state index is -0.816. The molecule has 0 aromatic heterocycles. The number of carbonyl (C=O) groups excluding carboxylic acids is 1. The molecule has 1 aliphatic rings. The molecule has 5 heteroatoms. The zero-order valence-electron chi connectivity index (χ0n) is 12.9. The lowest BCUT2D eigenvalue weighted by Crippen LogP contribution is -2.15. The molecule has 2 rings (SSSR count). The van der Waals surface area contributed by atoms with Crippen LogP contribution in [0.3, 0.4) is 0 Å². The molecular formula is C16H22O5. The molecule has 1 aromatic rings. The van der Waals surface area contributed by atoms with E-state index < -0.39 is 6.10 Å². The van der Waals surface area contributed by atoms with Gasteiger partial charge in [-0.3, -0.25) is 4.79 Å². The van der Waals surface area contributed by atoms with Crippen LogP contribution in [0, 0.1) is 5.92 Å². The lowest BCUT2D eigenvalue weighted by atomic mass is 9.92. The molecule has 3 unspecified atom stereocenters. The summed E-state index contributed by atoms with van der Waals surface area (Å²) in [5.74, 6) is 0.785. The first-order valence-electron chi connectivity index (χ1n) is 7.08. The van der Waals surface area contributed by atoms with Gasteiger partial charge < -0.3 is 19.3 Å². The second-order valence-electron chi connectivity index (χ2n) is 5.54. The van der Waals surface area contributed by atoms with Gasteiger partial charge in [-0.15, -0.1) is 0 Å². The van der Waals surface area contributed by atoms with Crippen molar-refractivity contribution < 1.29 is 24.1 Å². The number of rotatable bonds is 5. The number of esters is 1. The summed E-state index contributed by atoms with van der Waals surface area (Å²) in [6, 6.07) is 3.72. The predicted octanol–water partition coefficient (Wildman–Crippen LogP) is 2.25. The van der Waals surface area contributed by atoms with Crippen LogP contribution in [0.15, 0.2) is 12.1 Å². The van der Waals surface area contributed by atoms with Gasteiger partial charge in [-0.2, -0.15) is 0 Å². The Balaban J connectivity index is 2.26. The maximum atomic E-state index is 11.4. The highest BCUT2D eigenvalue weighted by Gasteiger charge is 2.27. The van der Waals surface area contributed by atoms with Crippen LogP contribution >= 0.6 is 0 Å². The van der Waals surface area contributed by atoms with E-state index in [0.717, 1.165) is 17.7 Å². The molecule has 0 fully saturated rings. The minimum Gasteiger partial charge on any atom is -0.496 e. The summed E-state index contributed by atoms with van der Waals surface area (Å²) in [5, 5.41) is 10.5. The fourth-order valence-electron chi connectivity index (χ4n) is 2.63. The third-order valence-electron chi connectivity index (χ3n) is 3.82. The Kier molecular flexibility index (Phi) is 4.73. The first kappa shape index (κ1) is 15.6. The van der Waals surface area contributed by atoms with Gasteiger partial charge in [-0.25, -0.2) is 0 Å². The van der Waals surface area contributed by atoms with Crippen LogP contribution in [0.4, 0.5) is 0 Å². The second-order valence-corrected chi connectivity index (χ2v) is 5.54. The standard InChI is InChI=1S/C16H22O5/c1-9(5-15(17)20-4)16(18)12-8-13-11(6-10(2)21-13)7-14(12)19-3/h7-10,16,18H,5-6H2,1-4H3. The number of hydrogen-bond acceptors (Lipinski definition) is 5. The van der Waals surface area contributed by atoms with Crippen molar-refractivity contribution in [3.8, 4) is 11.5 Å². The van der Waals surface area contributed by atoms with Crippen LogP contribution in [0.1, 0.15) is 37.5 Å². The molecule has 1 aliphatic heterocycles. The maximum absolute atomic E-state index is 11.4. The summed E-state index contributed by atoms with van der Waals surface area (Å²) < 4.78 is 15.7. The van der Waals surface area contributed by atoms with Crippen LogP contribution in [0.2, 0.25) is 0 Å². The summed E-state index contributed by atoms with van der Waals surface area (Å²) >= 11 is 0. The molecule has 1 N–H and O–H groups in total. The fourth-order valence-corrected chi connectivity index (χ4v) is 2.63. The molecule has 5 nitrogen and oxygen atoms in total. The molecule has 1 heterocycles. The van der Waals surface area contributed by atoms with Gasteiger partial charge in [0.25, 0.3) is 0 Å². The lowest BCUT2D eigenvalue weighted by Gasteiger charge is -2.21. The topological polar surface area (TPSA) is 65.0 Å². The van der Waals surface area contributed by atoms with Gasteiger partial charge in [0.1, 0.15) is 17.6 Å². The molecule has 0 aliphatic carbocycles. The Morgan fingerprint density at radius 2 is 2.19 bits per heavy atom. The molecule has 0 amide bonds. The monoisotopic (exact) mass is 294 g/mol. The normalized spacial score (nSPS) is 19.4. The maximum Gasteiger partial charge on any atom is 0.305 e. The SMILES string of the molecule is COC(=O)CC(C)C(O)c1cc2c(cc1OC)CC(C)O2. The predicted molar refractivity (Wildman–Crippen MR) is 77.5 cm³/mol. The highest BCUT2D eigenvalue weighted by molar-refractivity contribution is 5.69. The average molecular weight is 294 g/mol. The third-order valence-corrected chi connectivity index (χ3v) is 3.82. The molecule has 0 saturated carbocycles. The highest BCUT2D eigenvalue weighted by atomic mass is 16.5. The Labute approximate surface area is 124 Å². The summed E-state index contributed by atoms with van der Waals surface area (Å²) in [4.78, 5) is 11.4. The van der Waals surface area contributed by atoms with E-state index in [4.69, 9.17) is 9.47 Å². The molecule has 0 radical (unpaired) electrons. The molecule has 21 heavy (non-hydrogen) atoms. The van der Waals surface area contributed by atoms with Crippen molar-refractivity contribution in [3.63, 3.8) is 0 Å². The largest absolute Gasteiger partial charge is 0.496 e. The van der Waals surface area contributed by atoms with E-state index in [0.29, 0.717) is 11.3 Å². The Hall–Kier alpha value is -1.75. The number of ether oxygens (including phenoxy) is 3. The number of hydrogen-bond donors (Lipinski definition) is 1. The van der Waals surface area contributed by atoms with Crippen molar-refractivity contribution in [3.05, 3.63) is 23.3 Å². The highest BCUT2D eigenvalue weighted by Crippen LogP contribution is 2.39. The van der Waals surface area contributed by atoms with Crippen LogP contribution in [0.25, 0.3) is 0 Å². The number of fused-ring (bicyclic) bond motifs is 1. The molecule has 116 valence electrons. The van der Waals surface area contributed by atoms with Gasteiger partial charge in [-0.05, 0) is 25.0 Å². The van der Waals surface area contributed by atoms with Crippen LogP contribution in [-0.2, 0) is 16.0 Å². The van der Waals surface area contributed by atoms with E-state index in [1.165, 1.54) is 7.11 Å². The number of methoxy groups -OCH3 is 2. The van der Waals surface area contributed by atoms with E-state index >= 15 is 0 Å². The Morgan fingerprint density at radius 3 is 2.81 bits per heavy atom. The second kappa shape index (κ2) is 6.35. The average Bonchev–Trinajstić information content (AvgIpc) is 2.83. The molecule has 0 bridgehead atoms. The zero-order valence-corrected chi connectivity index (χ0v) is 12.9. The summed E-state index contributed by atoms with van der Waals surface area (Å²) in [5.41, 5.74) is 1.72. The fraction of sp³-hybridized carbons (Fsp3) is 0.562. The van der Waals surface area contributed by atoms with Gasteiger partial charge in [0.05, 0.1) is 26.7 Å². The van der Waals surface area contributed by atoms with Crippen LogP contribution < -0.4 is 9.47 Å². The van der Waals surface area contributed by atoms with Gasteiger partial charge in [0, 0.05) is 17.5 Å². The van der Waals surface area contributed by atoms with Crippen molar-refractivity contribution in [1.29, 1.82) is 0 Å². The number of carbonyl (C=O) groups is 1. The summed E-state index contributed by atoms with van der Waals surface area (Å²) in [6.45, 7) is 3.81. The first-order chi connectivity index (χ1) is 9.96. The molecule has 3 atom stereocenters. The van der Waals surface area contributed by atoms with Crippen molar-refractivity contribution in [2.24, 2.45) is 5.92 Å². The molecule has 0 spiro atoms. The lowest BCUT2D eigenvalue weighted by molar-refractivity contribution is -0.142. The minimum absolute atomic E-state index is 0.129. The number of aliphatic hydroxyl groups excluding tert-OH is 1. The third kappa shape index (κ3) is 3.29. The molecule has 1 aromatic carbocycles. The van der Waals surface area contributed by atoms with Gasteiger partial charge in [-0.1, -0.05) is 6.92 Å². The summed E-state index contributed by atoms with van der Waals surface area (Å²) in [6.07, 6.45) is 0.294. The van der Waals surface area contributed by atoms with E-state index in [1.807, 2.05) is 19.1 Å². The zero-order chi connectivity index (χ0) is 15.6. The number of benzene rings is 1. The van der Waals surface area contributed by atoms with Gasteiger partial charge in [0.2, 0.25) is 0 Å². The van der Waals surface area contributed by atoms with E-state index in [2.05, 4.69) is 4.74 Å². The molecule has 0 saturated heterocycles. The van der Waals surface area contributed by atoms with E-state index in [1.54, 1.807) is 14.0 Å². The van der Waals surface area contributed by atoms with E-state index in [-0.39, 0.29) is 24.4 Å². The van der Waals surface area contributed by atoms with Crippen molar-refractivity contribution in [1.82, 2.24) is 0 Å². The van der Waals surface area contributed by atoms with Crippen molar-refractivity contribution in [2.45, 2.75) is 38.9 Å². The summed E-state index contributed by atoms with van der Waals surface area (Å²) in [7, 11) is 2.91. The van der Waals surface area contributed by atoms with Crippen LogP contribution in [0.5, 0.6) is 11.5 Å². The Bertz CT molecular complexity index is 526. The van der Waals surface area contributed by atoms with Crippen molar-refractivity contribution >= 4 is 5.97 Å². The molecular weight excluding hydrogens is 272 g/mol. The first-order valence-corrected chi connectivity index (χ1v) is 7.08. The van der Waals surface area contributed by atoms with Gasteiger partial charge >= 0.3 is 5.97 Å². The van der Waals surface area contributed by atoms with E-state index in [9.17, 15) is 9.90 Å². The van der Waals surface area contributed by atoms with Gasteiger partial charge in [0.15, 0.2) is 0 Å². The quantitative estimate of drug-likeness (QED) is 0.844. The van der Waals surface area contributed by atoms with Crippen molar-refractivity contribution in [2.75, 3.05) is 14.2 Å². The Morgan fingerprint density at radius 1 is 1.48 bits per heavy atom. The number of aliphatic hydroxyl groups is 1. The smallest absolute Gasteiger partial charge is 0.305 e. The van der Waals surface area contributed by atoms with Crippen LogP contribution in [-0.4, -0.2) is 31.4 Å².